The first-order valence-electron chi connectivity index (χ1n) is 7.63. The van der Waals surface area contributed by atoms with Gasteiger partial charge < -0.3 is 5.11 Å². The molecule has 0 aliphatic heterocycles. The molecule has 3 rings (SSSR count). The molecule has 24 heavy (non-hydrogen) atoms. The first-order chi connectivity index (χ1) is 11.5. The predicted molar refractivity (Wildman–Crippen MR) is 91.4 cm³/mol. The van der Waals surface area contributed by atoms with E-state index < -0.39 is 5.97 Å². The number of carboxylic acids is 1. The van der Waals surface area contributed by atoms with Gasteiger partial charge in [0.05, 0.1) is 17.8 Å². The van der Waals surface area contributed by atoms with Crippen LogP contribution in [0.1, 0.15) is 22.4 Å². The fraction of sp³-hybridized carbons (Fsp3) is 0.222. The molecule has 0 saturated heterocycles. The molecule has 0 bridgehead atoms. The van der Waals surface area contributed by atoms with Gasteiger partial charge in [0, 0.05) is 6.20 Å². The van der Waals surface area contributed by atoms with Crippen molar-refractivity contribution in [3.63, 3.8) is 0 Å². The van der Waals surface area contributed by atoms with Crippen LogP contribution in [-0.2, 0) is 11.2 Å². The first-order valence-corrected chi connectivity index (χ1v) is 7.63. The van der Waals surface area contributed by atoms with Crippen molar-refractivity contribution in [2.75, 3.05) is 0 Å². The van der Waals surface area contributed by atoms with Crippen molar-refractivity contribution in [3.8, 4) is 0 Å². The minimum absolute atomic E-state index is 0.192. The Bertz CT molecular complexity index is 937. The quantitative estimate of drug-likeness (QED) is 0.727. The molecular weight excluding hydrogens is 304 g/mol. The first kappa shape index (κ1) is 15.9. The van der Waals surface area contributed by atoms with E-state index in [0.717, 1.165) is 22.4 Å². The summed E-state index contributed by atoms with van der Waals surface area (Å²) in [6.45, 7) is 5.87. The maximum Gasteiger partial charge on any atom is 0.309 e. The van der Waals surface area contributed by atoms with E-state index in [9.17, 15) is 4.79 Å². The fourth-order valence-electron chi connectivity index (χ4n) is 2.67. The molecule has 6 heteroatoms. The van der Waals surface area contributed by atoms with Crippen LogP contribution in [0.2, 0.25) is 0 Å². The Hall–Kier alpha value is -3.02. The highest BCUT2D eigenvalue weighted by Crippen LogP contribution is 2.29. The number of aromatic nitrogens is 2. The number of hydrogen-bond acceptors (Lipinski definition) is 4. The summed E-state index contributed by atoms with van der Waals surface area (Å²) in [5, 5.41) is 17.8. The molecule has 0 saturated carbocycles. The van der Waals surface area contributed by atoms with Crippen LogP contribution in [0.3, 0.4) is 0 Å². The standard InChI is InChI=1S/C18H18N4O2/c1-11-6-4-7-12(2)16(11)20-21-18-14(10-15(23)24)19-17-13(3)8-5-9-22(17)18/h4-9H,10H2,1-3H3,(H,23,24). The summed E-state index contributed by atoms with van der Waals surface area (Å²) in [5.74, 6) is -0.488. The molecule has 2 heterocycles. The number of carboxylic acid groups (broad SMARTS) is 1. The molecule has 1 aromatic carbocycles. The summed E-state index contributed by atoms with van der Waals surface area (Å²) in [7, 11) is 0. The summed E-state index contributed by atoms with van der Waals surface area (Å²) in [6.07, 6.45) is 1.63. The molecular formula is C18H18N4O2. The van der Waals surface area contributed by atoms with Gasteiger partial charge in [-0.25, -0.2) is 4.98 Å². The van der Waals surface area contributed by atoms with E-state index in [1.807, 2.05) is 57.3 Å². The van der Waals surface area contributed by atoms with Crippen LogP contribution in [0.5, 0.6) is 0 Å². The van der Waals surface area contributed by atoms with Crippen molar-refractivity contribution in [2.45, 2.75) is 27.2 Å². The summed E-state index contributed by atoms with van der Waals surface area (Å²) < 4.78 is 1.78. The Morgan fingerprint density at radius 3 is 2.42 bits per heavy atom. The molecule has 0 aliphatic carbocycles. The van der Waals surface area contributed by atoms with Crippen molar-refractivity contribution in [1.82, 2.24) is 9.38 Å². The predicted octanol–water partition coefficient (Wildman–Crippen LogP) is 4.30. The maximum absolute atomic E-state index is 11.1. The Morgan fingerprint density at radius 2 is 1.75 bits per heavy atom. The Labute approximate surface area is 139 Å². The third-order valence-electron chi connectivity index (χ3n) is 3.89. The highest BCUT2D eigenvalue weighted by Gasteiger charge is 2.16. The zero-order chi connectivity index (χ0) is 17.3. The van der Waals surface area contributed by atoms with Gasteiger partial charge in [0.15, 0.2) is 5.82 Å². The lowest BCUT2D eigenvalue weighted by atomic mass is 10.1. The van der Waals surface area contributed by atoms with E-state index in [4.69, 9.17) is 5.11 Å². The molecule has 1 N–H and O–H groups in total. The second-order valence-electron chi connectivity index (χ2n) is 5.78. The second kappa shape index (κ2) is 6.23. The molecule has 2 aromatic heterocycles. The van der Waals surface area contributed by atoms with Gasteiger partial charge in [-0.3, -0.25) is 9.20 Å². The van der Waals surface area contributed by atoms with E-state index in [1.54, 1.807) is 4.40 Å². The summed E-state index contributed by atoms with van der Waals surface area (Å²) >= 11 is 0. The Morgan fingerprint density at radius 1 is 1.08 bits per heavy atom. The number of aliphatic carboxylic acids is 1. The van der Waals surface area contributed by atoms with Crippen LogP contribution in [0, 0.1) is 20.8 Å². The third kappa shape index (κ3) is 2.90. The summed E-state index contributed by atoms with van der Waals surface area (Å²) in [4.78, 5) is 15.6. The largest absolute Gasteiger partial charge is 0.481 e. The minimum Gasteiger partial charge on any atom is -0.481 e. The monoisotopic (exact) mass is 322 g/mol. The Kier molecular flexibility index (Phi) is 4.12. The molecule has 3 aromatic rings. The average molecular weight is 322 g/mol. The van der Waals surface area contributed by atoms with Gasteiger partial charge in [-0.15, -0.1) is 10.2 Å². The van der Waals surface area contributed by atoms with Crippen molar-refractivity contribution < 1.29 is 9.90 Å². The van der Waals surface area contributed by atoms with Crippen molar-refractivity contribution >= 4 is 23.1 Å². The Balaban J connectivity index is 2.15. The number of hydrogen-bond donors (Lipinski definition) is 1. The van der Waals surface area contributed by atoms with Crippen molar-refractivity contribution in [1.29, 1.82) is 0 Å². The normalized spacial score (nSPS) is 11.5. The molecule has 0 radical (unpaired) electrons. The van der Waals surface area contributed by atoms with Gasteiger partial charge in [0.25, 0.3) is 0 Å². The topological polar surface area (TPSA) is 79.3 Å². The van der Waals surface area contributed by atoms with Gasteiger partial charge in [0.2, 0.25) is 0 Å². The van der Waals surface area contributed by atoms with Gasteiger partial charge in [-0.05, 0) is 43.5 Å². The fourth-order valence-corrected chi connectivity index (χ4v) is 2.67. The molecule has 122 valence electrons. The number of benzene rings is 1. The van der Waals surface area contributed by atoms with E-state index in [2.05, 4.69) is 15.2 Å². The molecule has 0 atom stereocenters. The van der Waals surface area contributed by atoms with Crippen molar-refractivity contribution in [2.24, 2.45) is 10.2 Å². The number of pyridine rings is 1. The van der Waals surface area contributed by atoms with Gasteiger partial charge in [0.1, 0.15) is 5.65 Å². The lowest BCUT2D eigenvalue weighted by molar-refractivity contribution is -0.136. The van der Waals surface area contributed by atoms with Crippen molar-refractivity contribution in [3.05, 3.63) is 58.9 Å². The van der Waals surface area contributed by atoms with Crippen LogP contribution in [-0.4, -0.2) is 20.5 Å². The van der Waals surface area contributed by atoms with Crippen LogP contribution in [0.15, 0.2) is 46.8 Å². The number of fused-ring (bicyclic) bond motifs is 1. The zero-order valence-corrected chi connectivity index (χ0v) is 13.8. The summed E-state index contributed by atoms with van der Waals surface area (Å²) in [5.41, 5.74) is 4.89. The SMILES string of the molecule is Cc1cccc(C)c1N=Nc1c(CC(=O)O)nc2c(C)cccn12. The van der Waals surface area contributed by atoms with Gasteiger partial charge >= 0.3 is 5.97 Å². The lowest BCUT2D eigenvalue weighted by Gasteiger charge is -2.03. The molecule has 0 unspecified atom stereocenters. The van der Waals surface area contributed by atoms with E-state index in [0.29, 0.717) is 17.2 Å². The second-order valence-corrected chi connectivity index (χ2v) is 5.78. The van der Waals surface area contributed by atoms with E-state index in [-0.39, 0.29) is 6.42 Å². The van der Waals surface area contributed by atoms with Gasteiger partial charge in [-0.2, -0.15) is 0 Å². The highest BCUT2D eigenvalue weighted by atomic mass is 16.4. The maximum atomic E-state index is 11.1. The number of rotatable bonds is 4. The number of azo groups is 1. The molecule has 6 nitrogen and oxygen atoms in total. The number of aryl methyl sites for hydroxylation is 3. The highest BCUT2D eigenvalue weighted by molar-refractivity contribution is 5.72. The van der Waals surface area contributed by atoms with Crippen LogP contribution in [0.25, 0.3) is 5.65 Å². The van der Waals surface area contributed by atoms with E-state index >= 15 is 0 Å². The summed E-state index contributed by atoms with van der Waals surface area (Å²) in [6, 6.07) is 9.72. The van der Waals surface area contributed by atoms with E-state index in [1.165, 1.54) is 0 Å². The molecule has 0 aliphatic rings. The molecule has 0 fully saturated rings. The van der Waals surface area contributed by atoms with Crippen LogP contribution >= 0.6 is 0 Å². The molecule has 0 spiro atoms. The number of imidazole rings is 1. The van der Waals surface area contributed by atoms with Gasteiger partial charge in [-0.1, -0.05) is 24.3 Å². The number of nitrogens with zero attached hydrogens (tertiary/aromatic N) is 4. The minimum atomic E-state index is -0.945. The smallest absolute Gasteiger partial charge is 0.309 e. The third-order valence-corrected chi connectivity index (χ3v) is 3.89. The van der Waals surface area contributed by atoms with Crippen LogP contribution < -0.4 is 0 Å². The van der Waals surface area contributed by atoms with Crippen LogP contribution in [0.4, 0.5) is 11.5 Å². The zero-order valence-electron chi connectivity index (χ0n) is 13.8. The average Bonchev–Trinajstić information content (AvgIpc) is 2.85. The lowest BCUT2D eigenvalue weighted by Crippen LogP contribution is -2.00. The number of carbonyl (C=O) groups is 1. The molecule has 0 amide bonds.